The summed E-state index contributed by atoms with van der Waals surface area (Å²) >= 11 is 0. The van der Waals surface area contributed by atoms with Crippen molar-refractivity contribution in [2.24, 2.45) is 11.8 Å². The second kappa shape index (κ2) is 4.13. The van der Waals surface area contributed by atoms with Gasteiger partial charge in [0.25, 0.3) is 0 Å². The molecule has 0 radical (unpaired) electrons. The topological polar surface area (TPSA) is 44.5 Å². The predicted octanol–water partition coefficient (Wildman–Crippen LogP) is 2.84. The van der Waals surface area contributed by atoms with Crippen molar-refractivity contribution in [2.75, 3.05) is 12.8 Å². The van der Waals surface area contributed by atoms with Gasteiger partial charge in [0, 0.05) is 11.8 Å². The molecule has 0 aliphatic heterocycles. The summed E-state index contributed by atoms with van der Waals surface area (Å²) in [6, 6.07) is 5.58. The highest BCUT2D eigenvalue weighted by Crippen LogP contribution is 2.46. The van der Waals surface area contributed by atoms with Crippen LogP contribution in [0.15, 0.2) is 18.2 Å². The Kier molecular flexibility index (Phi) is 2.61. The first-order valence-electron chi connectivity index (χ1n) is 6.36. The van der Waals surface area contributed by atoms with Gasteiger partial charge < -0.3 is 15.2 Å². The largest absolute Gasteiger partial charge is 0.493 e. The van der Waals surface area contributed by atoms with E-state index in [1.807, 2.05) is 18.2 Å². The maximum atomic E-state index is 6.11. The molecule has 2 aliphatic carbocycles. The molecule has 2 aliphatic rings. The summed E-state index contributed by atoms with van der Waals surface area (Å²) in [4.78, 5) is 0. The standard InChI is InChI=1S/C14H19NO2/c1-16-12-5-4-11(15)8-14(12)17-13-7-9-2-3-10(13)6-9/h4-5,8-10,13H,2-3,6-7,15H2,1H3. The number of hydrogen-bond donors (Lipinski definition) is 1. The SMILES string of the molecule is COc1ccc(N)cc1OC1CC2CCC1C2. The fraction of sp³-hybridized carbons (Fsp3) is 0.571. The molecule has 2 fully saturated rings. The lowest BCUT2D eigenvalue weighted by atomic mass is 9.98. The zero-order valence-corrected chi connectivity index (χ0v) is 10.2. The van der Waals surface area contributed by atoms with Gasteiger partial charge in [0.15, 0.2) is 11.5 Å². The Balaban J connectivity index is 1.78. The van der Waals surface area contributed by atoms with Gasteiger partial charge in [-0.15, -0.1) is 0 Å². The van der Waals surface area contributed by atoms with Gasteiger partial charge in [-0.2, -0.15) is 0 Å². The molecule has 3 heteroatoms. The van der Waals surface area contributed by atoms with Gasteiger partial charge >= 0.3 is 0 Å². The molecule has 0 heterocycles. The minimum absolute atomic E-state index is 0.365. The Hall–Kier alpha value is -1.38. The monoisotopic (exact) mass is 233 g/mol. The van der Waals surface area contributed by atoms with E-state index in [-0.39, 0.29) is 0 Å². The second-order valence-electron chi connectivity index (χ2n) is 5.24. The minimum atomic E-state index is 0.365. The summed E-state index contributed by atoms with van der Waals surface area (Å²) in [6.45, 7) is 0. The number of anilines is 1. The highest BCUT2D eigenvalue weighted by molar-refractivity contribution is 5.52. The zero-order chi connectivity index (χ0) is 11.8. The molecule has 2 bridgehead atoms. The van der Waals surface area contributed by atoms with E-state index in [0.717, 1.165) is 29.0 Å². The number of methoxy groups -OCH3 is 1. The number of ether oxygens (including phenoxy) is 2. The van der Waals surface area contributed by atoms with Crippen LogP contribution in [-0.4, -0.2) is 13.2 Å². The number of fused-ring (bicyclic) bond motifs is 2. The molecule has 1 aromatic carbocycles. The molecule has 17 heavy (non-hydrogen) atoms. The van der Waals surface area contributed by atoms with Crippen molar-refractivity contribution < 1.29 is 9.47 Å². The number of nitrogens with two attached hydrogens (primary N) is 1. The first kappa shape index (κ1) is 10.8. The van der Waals surface area contributed by atoms with Crippen LogP contribution in [0.2, 0.25) is 0 Å². The highest BCUT2D eigenvalue weighted by atomic mass is 16.5. The molecule has 0 aromatic heterocycles. The van der Waals surface area contributed by atoms with Crippen LogP contribution in [0, 0.1) is 11.8 Å². The normalized spacial score (nSPS) is 30.5. The van der Waals surface area contributed by atoms with Gasteiger partial charge in [-0.1, -0.05) is 0 Å². The van der Waals surface area contributed by atoms with E-state index in [1.54, 1.807) is 7.11 Å². The minimum Gasteiger partial charge on any atom is -0.493 e. The van der Waals surface area contributed by atoms with Gasteiger partial charge in [0.05, 0.1) is 7.11 Å². The molecule has 1 aromatic rings. The fourth-order valence-electron chi connectivity index (χ4n) is 3.28. The van der Waals surface area contributed by atoms with Crippen LogP contribution in [0.25, 0.3) is 0 Å². The number of rotatable bonds is 3. The van der Waals surface area contributed by atoms with Crippen molar-refractivity contribution in [3.8, 4) is 11.5 Å². The summed E-state index contributed by atoms with van der Waals surface area (Å²) in [6.07, 6.45) is 5.61. The lowest BCUT2D eigenvalue weighted by Crippen LogP contribution is -2.23. The molecule has 2 N–H and O–H groups in total. The third-order valence-corrected chi connectivity index (χ3v) is 4.14. The quantitative estimate of drug-likeness (QED) is 0.816. The molecule has 3 unspecified atom stereocenters. The molecule has 3 rings (SSSR count). The molecule has 3 atom stereocenters. The molecular formula is C14H19NO2. The average Bonchev–Trinajstić information content (AvgIpc) is 2.91. The fourth-order valence-corrected chi connectivity index (χ4v) is 3.28. The van der Waals surface area contributed by atoms with Crippen molar-refractivity contribution in [3.05, 3.63) is 18.2 Å². The van der Waals surface area contributed by atoms with Crippen LogP contribution in [-0.2, 0) is 0 Å². The maximum Gasteiger partial charge on any atom is 0.163 e. The van der Waals surface area contributed by atoms with Crippen LogP contribution in [0.1, 0.15) is 25.7 Å². The van der Waals surface area contributed by atoms with Crippen molar-refractivity contribution in [3.63, 3.8) is 0 Å². The third-order valence-electron chi connectivity index (χ3n) is 4.14. The van der Waals surface area contributed by atoms with Crippen LogP contribution in [0.3, 0.4) is 0 Å². The lowest BCUT2D eigenvalue weighted by Gasteiger charge is -2.24. The summed E-state index contributed by atoms with van der Waals surface area (Å²) in [7, 11) is 1.67. The molecule has 0 spiro atoms. The lowest BCUT2D eigenvalue weighted by molar-refractivity contribution is 0.134. The Bertz CT molecular complexity index is 419. The Morgan fingerprint density at radius 1 is 1.18 bits per heavy atom. The zero-order valence-electron chi connectivity index (χ0n) is 10.2. The number of nitrogen functional groups attached to an aromatic ring is 1. The van der Waals surface area contributed by atoms with Gasteiger partial charge in [0.2, 0.25) is 0 Å². The van der Waals surface area contributed by atoms with E-state index < -0.39 is 0 Å². The highest BCUT2D eigenvalue weighted by Gasteiger charge is 2.41. The Morgan fingerprint density at radius 2 is 2.06 bits per heavy atom. The van der Waals surface area contributed by atoms with E-state index >= 15 is 0 Å². The van der Waals surface area contributed by atoms with Crippen molar-refractivity contribution in [2.45, 2.75) is 31.8 Å². The van der Waals surface area contributed by atoms with Crippen molar-refractivity contribution >= 4 is 5.69 Å². The van der Waals surface area contributed by atoms with E-state index in [0.29, 0.717) is 6.10 Å². The molecule has 3 nitrogen and oxygen atoms in total. The molecule has 0 saturated heterocycles. The maximum absolute atomic E-state index is 6.11. The second-order valence-corrected chi connectivity index (χ2v) is 5.24. The van der Waals surface area contributed by atoms with Crippen LogP contribution < -0.4 is 15.2 Å². The van der Waals surface area contributed by atoms with Crippen LogP contribution in [0.5, 0.6) is 11.5 Å². The van der Waals surface area contributed by atoms with E-state index in [2.05, 4.69) is 0 Å². The van der Waals surface area contributed by atoms with Gasteiger partial charge in [0.1, 0.15) is 6.10 Å². The average molecular weight is 233 g/mol. The van der Waals surface area contributed by atoms with Gasteiger partial charge in [-0.25, -0.2) is 0 Å². The van der Waals surface area contributed by atoms with E-state index in [9.17, 15) is 0 Å². The molecule has 2 saturated carbocycles. The van der Waals surface area contributed by atoms with Gasteiger partial charge in [-0.05, 0) is 49.7 Å². The van der Waals surface area contributed by atoms with Crippen LogP contribution >= 0.6 is 0 Å². The van der Waals surface area contributed by atoms with Crippen LogP contribution in [0.4, 0.5) is 5.69 Å². The smallest absolute Gasteiger partial charge is 0.163 e. The number of benzene rings is 1. The Morgan fingerprint density at radius 3 is 2.71 bits per heavy atom. The number of hydrogen-bond acceptors (Lipinski definition) is 3. The molecular weight excluding hydrogens is 214 g/mol. The summed E-state index contributed by atoms with van der Waals surface area (Å²) in [5, 5.41) is 0. The predicted molar refractivity (Wildman–Crippen MR) is 67.3 cm³/mol. The summed E-state index contributed by atoms with van der Waals surface area (Å²) in [5.41, 5.74) is 6.52. The summed E-state index contributed by atoms with van der Waals surface area (Å²) in [5.74, 6) is 3.20. The molecule has 0 amide bonds. The van der Waals surface area contributed by atoms with Crippen molar-refractivity contribution in [1.29, 1.82) is 0 Å². The first-order valence-corrected chi connectivity index (χ1v) is 6.36. The third kappa shape index (κ3) is 1.94. The first-order chi connectivity index (χ1) is 8.26. The van der Waals surface area contributed by atoms with E-state index in [4.69, 9.17) is 15.2 Å². The van der Waals surface area contributed by atoms with Gasteiger partial charge in [-0.3, -0.25) is 0 Å². The van der Waals surface area contributed by atoms with E-state index in [1.165, 1.54) is 25.7 Å². The molecule has 92 valence electrons. The summed E-state index contributed by atoms with van der Waals surface area (Å²) < 4.78 is 11.4. The Labute approximate surface area is 102 Å². The van der Waals surface area contributed by atoms with Crippen molar-refractivity contribution in [1.82, 2.24) is 0 Å².